The van der Waals surface area contributed by atoms with Crippen molar-refractivity contribution in [1.29, 1.82) is 0 Å². The molecule has 0 saturated carbocycles. The maximum Gasteiger partial charge on any atom is 0.137 e. The van der Waals surface area contributed by atoms with Gasteiger partial charge in [-0.3, -0.25) is 0 Å². The molecule has 18 heavy (non-hydrogen) atoms. The number of methoxy groups -OCH3 is 1. The molecule has 0 bridgehead atoms. The van der Waals surface area contributed by atoms with Gasteiger partial charge in [-0.05, 0) is 55.0 Å². The minimum Gasteiger partial charge on any atom is -0.495 e. The highest BCUT2D eigenvalue weighted by Crippen LogP contribution is 2.33. The molecule has 1 unspecified atom stereocenters. The Labute approximate surface area is 115 Å². The van der Waals surface area contributed by atoms with Crippen LogP contribution in [0.25, 0.3) is 0 Å². The zero-order valence-electron chi connectivity index (χ0n) is 11.4. The Morgan fingerprint density at radius 3 is 2.78 bits per heavy atom. The number of halogens is 1. The van der Waals surface area contributed by atoms with Gasteiger partial charge in [0.1, 0.15) is 5.75 Å². The summed E-state index contributed by atoms with van der Waals surface area (Å²) >= 11 is 6.25. The first-order valence-electron chi connectivity index (χ1n) is 6.71. The summed E-state index contributed by atoms with van der Waals surface area (Å²) in [7, 11) is 1.67. The Morgan fingerprint density at radius 2 is 2.22 bits per heavy atom. The van der Waals surface area contributed by atoms with E-state index in [0.29, 0.717) is 12.0 Å². The molecule has 0 spiro atoms. The van der Waals surface area contributed by atoms with Crippen LogP contribution in [0.3, 0.4) is 0 Å². The van der Waals surface area contributed by atoms with Crippen molar-refractivity contribution in [1.82, 2.24) is 5.32 Å². The van der Waals surface area contributed by atoms with Gasteiger partial charge in [0.05, 0.1) is 12.1 Å². The number of hydrogen-bond donors (Lipinski definition) is 1. The van der Waals surface area contributed by atoms with Gasteiger partial charge >= 0.3 is 0 Å². The van der Waals surface area contributed by atoms with Crippen molar-refractivity contribution in [2.75, 3.05) is 13.7 Å². The van der Waals surface area contributed by atoms with E-state index in [2.05, 4.69) is 31.3 Å². The van der Waals surface area contributed by atoms with Gasteiger partial charge < -0.3 is 10.1 Å². The van der Waals surface area contributed by atoms with Gasteiger partial charge in [-0.25, -0.2) is 0 Å². The Bertz CT molecular complexity index is 411. The lowest BCUT2D eigenvalue weighted by Crippen LogP contribution is -2.24. The van der Waals surface area contributed by atoms with Gasteiger partial charge in [0.25, 0.3) is 0 Å². The summed E-state index contributed by atoms with van der Waals surface area (Å²) in [4.78, 5) is 0. The standard InChI is InChI=1S/C15H22ClNO/c1-10(2)13-9-15(18-3)14(16)8-11(13)7-12-5-4-6-17-12/h8-10,12,17H,4-7H2,1-3H3. The van der Waals surface area contributed by atoms with E-state index in [-0.39, 0.29) is 0 Å². The van der Waals surface area contributed by atoms with Crippen LogP contribution in [0.15, 0.2) is 12.1 Å². The lowest BCUT2D eigenvalue weighted by atomic mass is 9.92. The third kappa shape index (κ3) is 2.99. The third-order valence-electron chi connectivity index (χ3n) is 3.66. The summed E-state index contributed by atoms with van der Waals surface area (Å²) < 4.78 is 5.31. The van der Waals surface area contributed by atoms with Crippen LogP contribution in [0.2, 0.25) is 5.02 Å². The van der Waals surface area contributed by atoms with Crippen LogP contribution in [0.4, 0.5) is 0 Å². The molecular weight excluding hydrogens is 246 g/mol. The molecule has 3 heteroatoms. The predicted octanol–water partition coefficient (Wildman–Crippen LogP) is 3.77. The molecule has 0 amide bonds. The predicted molar refractivity (Wildman–Crippen MR) is 76.8 cm³/mol. The van der Waals surface area contributed by atoms with Crippen LogP contribution < -0.4 is 10.1 Å². The summed E-state index contributed by atoms with van der Waals surface area (Å²) in [5, 5.41) is 4.26. The molecule has 1 N–H and O–H groups in total. The van der Waals surface area contributed by atoms with Gasteiger partial charge in [-0.2, -0.15) is 0 Å². The zero-order valence-corrected chi connectivity index (χ0v) is 12.2. The molecule has 0 aromatic heterocycles. The molecule has 1 aromatic carbocycles. The zero-order chi connectivity index (χ0) is 13.1. The van der Waals surface area contributed by atoms with Crippen LogP contribution in [0.1, 0.15) is 43.7 Å². The molecule has 100 valence electrons. The van der Waals surface area contributed by atoms with E-state index >= 15 is 0 Å². The Kier molecular flexibility index (Phi) is 4.52. The molecule has 0 radical (unpaired) electrons. The van der Waals surface area contributed by atoms with Crippen LogP contribution in [-0.2, 0) is 6.42 Å². The van der Waals surface area contributed by atoms with Crippen LogP contribution in [0.5, 0.6) is 5.75 Å². The Hall–Kier alpha value is -0.730. The largest absolute Gasteiger partial charge is 0.495 e. The molecule has 0 aliphatic carbocycles. The highest BCUT2D eigenvalue weighted by atomic mass is 35.5. The normalized spacial score (nSPS) is 19.5. The first-order valence-corrected chi connectivity index (χ1v) is 7.09. The molecular formula is C15H22ClNO. The van der Waals surface area contributed by atoms with Crippen LogP contribution in [0, 0.1) is 0 Å². The van der Waals surface area contributed by atoms with E-state index in [9.17, 15) is 0 Å². The van der Waals surface area contributed by atoms with E-state index < -0.39 is 0 Å². The summed E-state index contributed by atoms with van der Waals surface area (Å²) in [5.41, 5.74) is 2.71. The fourth-order valence-corrected chi connectivity index (χ4v) is 2.94. The average Bonchev–Trinajstić information content (AvgIpc) is 2.81. The number of benzene rings is 1. The van der Waals surface area contributed by atoms with Gasteiger partial charge in [-0.1, -0.05) is 25.4 Å². The highest BCUT2D eigenvalue weighted by molar-refractivity contribution is 6.32. The molecule has 1 saturated heterocycles. The minimum absolute atomic E-state index is 0.493. The van der Waals surface area contributed by atoms with Crippen molar-refractivity contribution in [3.05, 3.63) is 28.3 Å². The van der Waals surface area contributed by atoms with E-state index in [1.165, 1.54) is 24.0 Å². The SMILES string of the molecule is COc1cc(C(C)C)c(CC2CCCN2)cc1Cl. The van der Waals surface area contributed by atoms with E-state index in [4.69, 9.17) is 16.3 Å². The summed E-state index contributed by atoms with van der Waals surface area (Å²) in [5.74, 6) is 1.27. The lowest BCUT2D eigenvalue weighted by molar-refractivity contribution is 0.414. The first-order chi connectivity index (χ1) is 8.61. The maximum absolute atomic E-state index is 6.25. The second-order valence-electron chi connectivity index (χ2n) is 5.34. The fraction of sp³-hybridized carbons (Fsp3) is 0.600. The topological polar surface area (TPSA) is 21.3 Å². The minimum atomic E-state index is 0.493. The molecule has 2 rings (SSSR count). The summed E-state index contributed by atoms with van der Waals surface area (Å²) in [6, 6.07) is 4.78. The van der Waals surface area contributed by atoms with E-state index in [1.807, 2.05) is 0 Å². The van der Waals surface area contributed by atoms with Gasteiger partial charge in [0.15, 0.2) is 0 Å². The Morgan fingerprint density at radius 1 is 1.44 bits per heavy atom. The second-order valence-corrected chi connectivity index (χ2v) is 5.74. The van der Waals surface area contributed by atoms with Crippen molar-refractivity contribution < 1.29 is 4.74 Å². The number of ether oxygens (including phenoxy) is 1. The molecule has 1 aliphatic rings. The molecule has 1 atom stereocenters. The lowest BCUT2D eigenvalue weighted by Gasteiger charge is -2.18. The average molecular weight is 268 g/mol. The molecule has 1 aromatic rings. The molecule has 2 nitrogen and oxygen atoms in total. The third-order valence-corrected chi connectivity index (χ3v) is 3.96. The van der Waals surface area contributed by atoms with E-state index in [1.54, 1.807) is 7.11 Å². The first kappa shape index (κ1) is 13.7. The quantitative estimate of drug-likeness (QED) is 0.897. The summed E-state index contributed by atoms with van der Waals surface area (Å²) in [6.45, 7) is 5.58. The van der Waals surface area contributed by atoms with Crippen molar-refractivity contribution >= 4 is 11.6 Å². The Balaban J connectivity index is 2.28. The second kappa shape index (κ2) is 5.94. The maximum atomic E-state index is 6.25. The highest BCUT2D eigenvalue weighted by Gasteiger charge is 2.18. The van der Waals surface area contributed by atoms with Crippen molar-refractivity contribution in [3.63, 3.8) is 0 Å². The number of nitrogens with one attached hydrogen (secondary N) is 1. The van der Waals surface area contributed by atoms with Crippen molar-refractivity contribution in [3.8, 4) is 5.75 Å². The van der Waals surface area contributed by atoms with Gasteiger partial charge in [0, 0.05) is 6.04 Å². The van der Waals surface area contributed by atoms with Gasteiger partial charge in [-0.15, -0.1) is 0 Å². The van der Waals surface area contributed by atoms with Crippen LogP contribution in [-0.4, -0.2) is 19.7 Å². The monoisotopic (exact) mass is 267 g/mol. The van der Waals surface area contributed by atoms with Gasteiger partial charge in [0.2, 0.25) is 0 Å². The van der Waals surface area contributed by atoms with Crippen LogP contribution >= 0.6 is 11.6 Å². The fourth-order valence-electron chi connectivity index (χ4n) is 2.68. The number of rotatable bonds is 4. The van der Waals surface area contributed by atoms with Crippen molar-refractivity contribution in [2.45, 2.75) is 45.1 Å². The smallest absolute Gasteiger partial charge is 0.137 e. The summed E-state index contributed by atoms with van der Waals surface area (Å²) in [6.07, 6.45) is 3.62. The molecule has 1 aliphatic heterocycles. The molecule has 1 heterocycles. The number of hydrogen-bond acceptors (Lipinski definition) is 2. The van der Waals surface area contributed by atoms with Crippen molar-refractivity contribution in [2.24, 2.45) is 0 Å². The molecule has 1 fully saturated rings. The van der Waals surface area contributed by atoms with E-state index in [0.717, 1.165) is 23.7 Å².